The monoisotopic (exact) mass is 241 g/mol. The van der Waals surface area contributed by atoms with Crippen molar-refractivity contribution in [2.75, 3.05) is 5.84 Å². The minimum Gasteiger partial charge on any atom is -0.333 e. The number of nitrogen functional groups attached to an aromatic ring is 1. The summed E-state index contributed by atoms with van der Waals surface area (Å²) in [7, 11) is 0. The van der Waals surface area contributed by atoms with Crippen molar-refractivity contribution in [2.24, 2.45) is 0 Å². The summed E-state index contributed by atoms with van der Waals surface area (Å²) in [5, 5.41) is 6.53. The Bertz CT molecular complexity index is 472. The number of hydrogen-bond donors (Lipinski definition) is 2. The van der Waals surface area contributed by atoms with E-state index in [1.54, 1.807) is 6.92 Å². The summed E-state index contributed by atoms with van der Waals surface area (Å²) in [5.41, 5.74) is -1.02. The molecule has 3 N–H and O–H groups in total. The standard InChI is InChI=1S/C10H19N5O2/c1-5-6-10(3,4)12-8(16)15-9(17)14(11)7(2)13-15/h5-6,11H2,1-4H3,(H,12,16). The molecule has 0 aliphatic heterocycles. The predicted octanol–water partition coefficient (Wildman–Crippen LogP) is 0.203. The first kappa shape index (κ1) is 13.3. The lowest BCUT2D eigenvalue weighted by atomic mass is 9.99. The van der Waals surface area contributed by atoms with Crippen molar-refractivity contribution in [1.29, 1.82) is 0 Å². The van der Waals surface area contributed by atoms with Gasteiger partial charge in [-0.3, -0.25) is 0 Å². The Kier molecular flexibility index (Phi) is 3.59. The quantitative estimate of drug-likeness (QED) is 0.739. The largest absolute Gasteiger partial charge is 0.373 e. The zero-order valence-electron chi connectivity index (χ0n) is 10.6. The number of hydrogen-bond acceptors (Lipinski definition) is 4. The highest BCUT2D eigenvalue weighted by molar-refractivity contribution is 5.76. The molecule has 1 amide bonds. The molecule has 0 aromatic carbocycles. The van der Waals surface area contributed by atoms with Gasteiger partial charge in [0.05, 0.1) is 0 Å². The fourth-order valence-electron chi connectivity index (χ4n) is 1.64. The summed E-state index contributed by atoms with van der Waals surface area (Å²) in [4.78, 5) is 23.4. The first-order valence-electron chi connectivity index (χ1n) is 5.55. The van der Waals surface area contributed by atoms with Gasteiger partial charge >= 0.3 is 11.7 Å². The first-order valence-corrected chi connectivity index (χ1v) is 5.55. The minimum atomic E-state index is -0.646. The molecular formula is C10H19N5O2. The van der Waals surface area contributed by atoms with Gasteiger partial charge < -0.3 is 11.2 Å². The molecule has 17 heavy (non-hydrogen) atoms. The second-order valence-electron chi connectivity index (χ2n) is 4.68. The molecule has 7 nitrogen and oxygen atoms in total. The zero-order chi connectivity index (χ0) is 13.2. The molecule has 0 spiro atoms. The SMILES string of the molecule is CCCC(C)(C)NC(=O)n1nc(C)n(N)c1=O. The summed E-state index contributed by atoms with van der Waals surface area (Å²) >= 11 is 0. The van der Waals surface area contributed by atoms with Gasteiger partial charge in [-0.25, -0.2) is 9.59 Å². The maximum atomic E-state index is 11.8. The van der Waals surface area contributed by atoms with Crippen LogP contribution in [0.1, 0.15) is 39.4 Å². The van der Waals surface area contributed by atoms with Crippen LogP contribution in [-0.4, -0.2) is 26.0 Å². The second-order valence-corrected chi connectivity index (χ2v) is 4.68. The fraction of sp³-hybridized carbons (Fsp3) is 0.700. The van der Waals surface area contributed by atoms with Gasteiger partial charge in [-0.1, -0.05) is 13.3 Å². The van der Waals surface area contributed by atoms with Gasteiger partial charge in [0.2, 0.25) is 0 Å². The van der Waals surface area contributed by atoms with Crippen LogP contribution in [0, 0.1) is 6.92 Å². The second kappa shape index (κ2) is 4.60. The van der Waals surface area contributed by atoms with Gasteiger partial charge in [0.15, 0.2) is 5.82 Å². The number of amides is 1. The van der Waals surface area contributed by atoms with E-state index in [-0.39, 0.29) is 5.54 Å². The molecule has 0 aliphatic carbocycles. The van der Waals surface area contributed by atoms with Crippen molar-refractivity contribution in [3.8, 4) is 0 Å². The average Bonchev–Trinajstić information content (AvgIpc) is 2.45. The third-order valence-corrected chi connectivity index (χ3v) is 2.49. The lowest BCUT2D eigenvalue weighted by Gasteiger charge is -2.24. The fourth-order valence-corrected chi connectivity index (χ4v) is 1.64. The summed E-state index contributed by atoms with van der Waals surface area (Å²) < 4.78 is 1.58. The molecule has 0 saturated carbocycles. The van der Waals surface area contributed by atoms with Crippen molar-refractivity contribution >= 4 is 6.03 Å². The summed E-state index contributed by atoms with van der Waals surface area (Å²) in [6.45, 7) is 7.37. The molecule has 0 saturated heterocycles. The van der Waals surface area contributed by atoms with Gasteiger partial charge in [-0.2, -0.15) is 4.68 Å². The highest BCUT2D eigenvalue weighted by Gasteiger charge is 2.22. The van der Waals surface area contributed by atoms with Gasteiger partial charge in [-0.05, 0) is 27.2 Å². The Balaban J connectivity index is 2.91. The van der Waals surface area contributed by atoms with Crippen LogP contribution in [0.25, 0.3) is 0 Å². The average molecular weight is 241 g/mol. The van der Waals surface area contributed by atoms with Crippen LogP contribution in [0.3, 0.4) is 0 Å². The molecule has 0 fully saturated rings. The van der Waals surface area contributed by atoms with Crippen molar-refractivity contribution in [3.63, 3.8) is 0 Å². The molecule has 0 atom stereocenters. The number of nitrogens with two attached hydrogens (primary N) is 1. The van der Waals surface area contributed by atoms with Gasteiger partial charge in [0, 0.05) is 5.54 Å². The van der Waals surface area contributed by atoms with E-state index >= 15 is 0 Å². The molecular weight excluding hydrogens is 222 g/mol. The summed E-state index contributed by atoms with van der Waals surface area (Å²) in [6, 6.07) is -0.555. The van der Waals surface area contributed by atoms with Gasteiger partial charge in [-0.15, -0.1) is 9.78 Å². The Morgan fingerprint density at radius 1 is 1.53 bits per heavy atom. The van der Waals surface area contributed by atoms with E-state index in [4.69, 9.17) is 5.84 Å². The first-order chi connectivity index (χ1) is 7.78. The molecule has 1 heterocycles. The maximum absolute atomic E-state index is 11.8. The van der Waals surface area contributed by atoms with E-state index in [0.717, 1.165) is 22.2 Å². The van der Waals surface area contributed by atoms with Gasteiger partial charge in [0.25, 0.3) is 0 Å². The van der Waals surface area contributed by atoms with E-state index < -0.39 is 11.7 Å². The number of nitrogens with one attached hydrogen (secondary N) is 1. The molecule has 0 unspecified atom stereocenters. The van der Waals surface area contributed by atoms with Gasteiger partial charge in [0.1, 0.15) is 0 Å². The van der Waals surface area contributed by atoms with Crippen molar-refractivity contribution < 1.29 is 4.79 Å². The van der Waals surface area contributed by atoms with E-state index in [9.17, 15) is 9.59 Å². The van der Waals surface area contributed by atoms with E-state index in [1.807, 2.05) is 20.8 Å². The molecule has 1 aromatic heterocycles. The van der Waals surface area contributed by atoms with Crippen molar-refractivity contribution in [3.05, 3.63) is 16.3 Å². The molecule has 1 aromatic rings. The number of nitrogens with zero attached hydrogens (tertiary/aromatic N) is 3. The number of rotatable bonds is 3. The summed E-state index contributed by atoms with van der Waals surface area (Å²) in [6.07, 6.45) is 1.75. The predicted molar refractivity (Wildman–Crippen MR) is 64.3 cm³/mol. The highest BCUT2D eigenvalue weighted by atomic mass is 16.2. The van der Waals surface area contributed by atoms with E-state index in [2.05, 4.69) is 10.4 Å². The number of aromatic nitrogens is 3. The smallest absolute Gasteiger partial charge is 0.333 e. The van der Waals surface area contributed by atoms with Crippen molar-refractivity contribution in [2.45, 2.75) is 46.1 Å². The van der Waals surface area contributed by atoms with Crippen LogP contribution in [-0.2, 0) is 0 Å². The molecule has 7 heteroatoms. The Hall–Kier alpha value is -1.79. The molecule has 96 valence electrons. The maximum Gasteiger partial charge on any atom is 0.373 e. The van der Waals surface area contributed by atoms with Crippen LogP contribution in [0.4, 0.5) is 4.79 Å². The molecule has 1 rings (SSSR count). The zero-order valence-corrected chi connectivity index (χ0v) is 10.6. The number of carbonyl (C=O) groups excluding carboxylic acids is 1. The normalized spacial score (nSPS) is 11.5. The van der Waals surface area contributed by atoms with Crippen LogP contribution >= 0.6 is 0 Å². The topological polar surface area (TPSA) is 94.9 Å². The van der Waals surface area contributed by atoms with Crippen LogP contribution in [0.15, 0.2) is 4.79 Å². The van der Waals surface area contributed by atoms with Crippen LogP contribution < -0.4 is 16.8 Å². The van der Waals surface area contributed by atoms with Crippen molar-refractivity contribution in [1.82, 2.24) is 19.8 Å². The van der Waals surface area contributed by atoms with Crippen LogP contribution in [0.5, 0.6) is 0 Å². The highest BCUT2D eigenvalue weighted by Crippen LogP contribution is 2.10. The third-order valence-electron chi connectivity index (χ3n) is 2.49. The molecule has 0 radical (unpaired) electrons. The molecule has 0 aliphatic rings. The Labute approximate surface area is 99.6 Å². The Morgan fingerprint density at radius 3 is 2.53 bits per heavy atom. The number of carbonyl (C=O) groups is 1. The summed E-state index contributed by atoms with van der Waals surface area (Å²) in [5.74, 6) is 5.69. The lowest BCUT2D eigenvalue weighted by Crippen LogP contribution is -2.48. The van der Waals surface area contributed by atoms with Crippen LogP contribution in [0.2, 0.25) is 0 Å². The lowest BCUT2D eigenvalue weighted by molar-refractivity contribution is 0.225. The van der Waals surface area contributed by atoms with E-state index in [1.165, 1.54) is 0 Å². The molecule has 0 bridgehead atoms. The minimum absolute atomic E-state index is 0.290. The number of aryl methyl sites for hydroxylation is 1. The third kappa shape index (κ3) is 2.86. The van der Waals surface area contributed by atoms with E-state index in [0.29, 0.717) is 5.82 Å². The Morgan fingerprint density at radius 2 is 2.12 bits per heavy atom.